The van der Waals surface area contributed by atoms with E-state index in [4.69, 9.17) is 4.74 Å². The Bertz CT molecular complexity index is 404. The minimum Gasteiger partial charge on any atom is -0.465 e. The molecule has 0 amide bonds. The molecular weight excluding hydrogens is 238 g/mol. The molecule has 1 unspecified atom stereocenters. The van der Waals surface area contributed by atoms with Crippen LogP contribution in [-0.2, 0) is 21.5 Å². The number of ether oxygens (including phenoxy) is 1. The lowest BCUT2D eigenvalue weighted by Crippen LogP contribution is -2.34. The van der Waals surface area contributed by atoms with Crippen LogP contribution in [0.15, 0.2) is 24.3 Å². The molecule has 0 radical (unpaired) electrons. The molecule has 1 rings (SSSR count). The number of benzene rings is 1. The number of esters is 1. The summed E-state index contributed by atoms with van der Waals surface area (Å²) in [6.45, 7) is 11.3. The van der Waals surface area contributed by atoms with Crippen molar-refractivity contribution in [2.24, 2.45) is 0 Å². The Kier molecular flexibility index (Phi) is 5.55. The molecule has 0 saturated carbocycles. The van der Waals surface area contributed by atoms with Crippen LogP contribution in [-0.4, -0.2) is 18.6 Å². The van der Waals surface area contributed by atoms with E-state index in [2.05, 4.69) is 50.4 Å². The third-order valence-electron chi connectivity index (χ3n) is 3.07. The summed E-state index contributed by atoms with van der Waals surface area (Å²) in [5.41, 5.74) is 2.66. The highest BCUT2D eigenvalue weighted by Gasteiger charge is 2.14. The lowest BCUT2D eigenvalue weighted by molar-refractivity contribution is -0.145. The first kappa shape index (κ1) is 15.7. The molecule has 3 heteroatoms. The van der Waals surface area contributed by atoms with Crippen LogP contribution in [0.4, 0.5) is 0 Å². The van der Waals surface area contributed by atoms with Gasteiger partial charge in [0.25, 0.3) is 0 Å². The lowest BCUT2D eigenvalue weighted by atomic mass is 9.87. The molecule has 0 aromatic heterocycles. The number of carbonyl (C=O) groups excluding carboxylic acids is 1. The standard InChI is InChI=1S/C16H25NO2/c1-6-19-15(18)12(2)17-11-13-7-9-14(10-8-13)16(3,4)5/h7-10,12,17H,6,11H2,1-5H3. The van der Waals surface area contributed by atoms with Crippen molar-refractivity contribution in [3.63, 3.8) is 0 Å². The highest BCUT2D eigenvalue weighted by Crippen LogP contribution is 2.22. The third kappa shape index (κ3) is 5.03. The molecule has 0 bridgehead atoms. The van der Waals surface area contributed by atoms with Gasteiger partial charge in [-0.2, -0.15) is 0 Å². The predicted molar refractivity (Wildman–Crippen MR) is 78.1 cm³/mol. The topological polar surface area (TPSA) is 38.3 Å². The largest absolute Gasteiger partial charge is 0.465 e. The van der Waals surface area contributed by atoms with E-state index in [0.717, 1.165) is 0 Å². The van der Waals surface area contributed by atoms with Gasteiger partial charge in [0, 0.05) is 6.54 Å². The molecule has 1 atom stereocenters. The van der Waals surface area contributed by atoms with Gasteiger partial charge in [-0.05, 0) is 30.4 Å². The molecule has 0 heterocycles. The lowest BCUT2D eigenvalue weighted by Gasteiger charge is -2.19. The van der Waals surface area contributed by atoms with Crippen molar-refractivity contribution in [1.29, 1.82) is 0 Å². The van der Waals surface area contributed by atoms with Gasteiger partial charge in [0.05, 0.1) is 6.61 Å². The molecule has 0 saturated heterocycles. The molecular formula is C16H25NO2. The second-order valence-electron chi connectivity index (χ2n) is 5.80. The van der Waals surface area contributed by atoms with Gasteiger partial charge >= 0.3 is 5.97 Å². The van der Waals surface area contributed by atoms with Crippen LogP contribution < -0.4 is 5.32 Å². The van der Waals surface area contributed by atoms with Crippen LogP contribution in [0.2, 0.25) is 0 Å². The van der Waals surface area contributed by atoms with Gasteiger partial charge in [0.15, 0.2) is 0 Å². The molecule has 106 valence electrons. The van der Waals surface area contributed by atoms with Gasteiger partial charge in [0.2, 0.25) is 0 Å². The van der Waals surface area contributed by atoms with Crippen molar-refractivity contribution >= 4 is 5.97 Å². The first-order valence-corrected chi connectivity index (χ1v) is 6.84. The van der Waals surface area contributed by atoms with Crippen LogP contribution in [0.5, 0.6) is 0 Å². The fourth-order valence-corrected chi connectivity index (χ4v) is 1.74. The van der Waals surface area contributed by atoms with E-state index in [-0.39, 0.29) is 17.4 Å². The normalized spacial score (nSPS) is 13.1. The van der Waals surface area contributed by atoms with Crippen molar-refractivity contribution in [2.75, 3.05) is 6.61 Å². The highest BCUT2D eigenvalue weighted by molar-refractivity contribution is 5.75. The summed E-state index contributed by atoms with van der Waals surface area (Å²) in [7, 11) is 0. The Balaban J connectivity index is 2.53. The number of hydrogen-bond donors (Lipinski definition) is 1. The van der Waals surface area contributed by atoms with Crippen LogP contribution in [0.1, 0.15) is 45.7 Å². The average Bonchev–Trinajstić information content (AvgIpc) is 2.35. The van der Waals surface area contributed by atoms with Gasteiger partial charge in [-0.3, -0.25) is 4.79 Å². The Hall–Kier alpha value is -1.35. The van der Waals surface area contributed by atoms with E-state index in [9.17, 15) is 4.79 Å². The average molecular weight is 263 g/mol. The van der Waals surface area contributed by atoms with Crippen molar-refractivity contribution in [3.05, 3.63) is 35.4 Å². The molecule has 1 aromatic carbocycles. The maximum Gasteiger partial charge on any atom is 0.322 e. The number of rotatable bonds is 5. The minimum atomic E-state index is -0.276. The smallest absolute Gasteiger partial charge is 0.322 e. The van der Waals surface area contributed by atoms with Crippen LogP contribution >= 0.6 is 0 Å². The Morgan fingerprint density at radius 2 is 1.84 bits per heavy atom. The highest BCUT2D eigenvalue weighted by atomic mass is 16.5. The minimum absolute atomic E-state index is 0.171. The summed E-state index contributed by atoms with van der Waals surface area (Å²) >= 11 is 0. The van der Waals surface area contributed by atoms with Crippen LogP contribution in [0.3, 0.4) is 0 Å². The molecule has 0 fully saturated rings. The maximum atomic E-state index is 11.5. The monoisotopic (exact) mass is 263 g/mol. The summed E-state index contributed by atoms with van der Waals surface area (Å²) in [5.74, 6) is -0.200. The Morgan fingerprint density at radius 1 is 1.26 bits per heavy atom. The zero-order valence-electron chi connectivity index (χ0n) is 12.6. The third-order valence-corrected chi connectivity index (χ3v) is 3.07. The van der Waals surface area contributed by atoms with E-state index in [1.165, 1.54) is 11.1 Å². The molecule has 0 aliphatic carbocycles. The number of nitrogens with one attached hydrogen (secondary N) is 1. The predicted octanol–water partition coefficient (Wildman–Crippen LogP) is 3.03. The van der Waals surface area contributed by atoms with Gasteiger partial charge in [-0.15, -0.1) is 0 Å². The van der Waals surface area contributed by atoms with Crippen molar-refractivity contribution in [1.82, 2.24) is 5.32 Å². The zero-order valence-corrected chi connectivity index (χ0v) is 12.6. The van der Waals surface area contributed by atoms with E-state index >= 15 is 0 Å². The molecule has 1 N–H and O–H groups in total. The van der Waals surface area contributed by atoms with E-state index in [0.29, 0.717) is 13.2 Å². The molecule has 19 heavy (non-hydrogen) atoms. The molecule has 1 aromatic rings. The van der Waals surface area contributed by atoms with Gasteiger partial charge < -0.3 is 10.1 Å². The van der Waals surface area contributed by atoms with E-state index in [1.807, 2.05) is 13.8 Å². The first-order chi connectivity index (χ1) is 8.84. The molecule has 0 aliphatic rings. The summed E-state index contributed by atoms with van der Waals surface area (Å²) in [5, 5.41) is 3.17. The Morgan fingerprint density at radius 3 is 2.32 bits per heavy atom. The quantitative estimate of drug-likeness (QED) is 0.830. The van der Waals surface area contributed by atoms with E-state index in [1.54, 1.807) is 0 Å². The van der Waals surface area contributed by atoms with Crippen LogP contribution in [0.25, 0.3) is 0 Å². The number of hydrogen-bond acceptors (Lipinski definition) is 3. The van der Waals surface area contributed by atoms with Gasteiger partial charge in [-0.1, -0.05) is 45.0 Å². The van der Waals surface area contributed by atoms with Crippen molar-refractivity contribution < 1.29 is 9.53 Å². The zero-order chi connectivity index (χ0) is 14.5. The fourth-order valence-electron chi connectivity index (χ4n) is 1.74. The maximum absolute atomic E-state index is 11.5. The molecule has 0 aliphatic heterocycles. The second kappa shape index (κ2) is 6.71. The fraction of sp³-hybridized carbons (Fsp3) is 0.562. The van der Waals surface area contributed by atoms with Crippen molar-refractivity contribution in [2.45, 2.75) is 52.6 Å². The Labute approximate surface area is 116 Å². The second-order valence-corrected chi connectivity index (χ2v) is 5.80. The van der Waals surface area contributed by atoms with Gasteiger partial charge in [0.1, 0.15) is 6.04 Å². The number of carbonyl (C=O) groups is 1. The summed E-state index contributed by atoms with van der Waals surface area (Å²) in [6, 6.07) is 8.22. The van der Waals surface area contributed by atoms with Crippen LogP contribution in [0, 0.1) is 0 Å². The van der Waals surface area contributed by atoms with E-state index < -0.39 is 0 Å². The summed E-state index contributed by atoms with van der Waals surface area (Å²) < 4.78 is 4.95. The van der Waals surface area contributed by atoms with Crippen molar-refractivity contribution in [3.8, 4) is 0 Å². The summed E-state index contributed by atoms with van der Waals surface area (Å²) in [4.78, 5) is 11.5. The first-order valence-electron chi connectivity index (χ1n) is 6.84. The molecule has 0 spiro atoms. The summed E-state index contributed by atoms with van der Waals surface area (Å²) in [6.07, 6.45) is 0. The van der Waals surface area contributed by atoms with Gasteiger partial charge in [-0.25, -0.2) is 0 Å². The molecule has 3 nitrogen and oxygen atoms in total. The SMILES string of the molecule is CCOC(=O)C(C)NCc1ccc(C(C)(C)C)cc1.